The number of benzene rings is 2. The summed E-state index contributed by atoms with van der Waals surface area (Å²) >= 11 is 3.31. The highest BCUT2D eigenvalue weighted by molar-refractivity contribution is 9.10. The first kappa shape index (κ1) is 20.1. The fraction of sp³-hybridized carbons (Fsp3) is 0.174. The van der Waals surface area contributed by atoms with Gasteiger partial charge in [-0.2, -0.15) is 0 Å². The molecular formula is C23H19BrN2O4. The molecule has 0 aliphatic heterocycles. The molecule has 2 aromatic carbocycles. The lowest BCUT2D eigenvalue weighted by molar-refractivity contribution is -0.139. The van der Waals surface area contributed by atoms with E-state index in [0.29, 0.717) is 5.56 Å². The number of hydrogen-bond donors (Lipinski definition) is 2. The molecular weight excluding hydrogens is 448 g/mol. The zero-order valence-electron chi connectivity index (χ0n) is 15.9. The summed E-state index contributed by atoms with van der Waals surface area (Å²) in [4.78, 5) is 28.0. The highest BCUT2D eigenvalue weighted by Crippen LogP contribution is 2.44. The molecule has 1 amide bonds. The zero-order valence-corrected chi connectivity index (χ0v) is 17.5. The maximum atomic E-state index is 12.4. The Bertz CT molecular complexity index is 1060. The first-order chi connectivity index (χ1) is 14.5. The number of halogens is 1. The van der Waals surface area contributed by atoms with Crippen molar-refractivity contribution in [2.45, 2.75) is 18.4 Å². The number of ether oxygens (including phenoxy) is 1. The Morgan fingerprint density at radius 3 is 2.30 bits per heavy atom. The van der Waals surface area contributed by atoms with Crippen LogP contribution in [-0.4, -0.2) is 34.8 Å². The van der Waals surface area contributed by atoms with Crippen LogP contribution in [0.2, 0.25) is 0 Å². The van der Waals surface area contributed by atoms with E-state index in [1.165, 1.54) is 0 Å². The third-order valence-electron chi connectivity index (χ3n) is 5.14. The van der Waals surface area contributed by atoms with Crippen molar-refractivity contribution < 1.29 is 19.4 Å². The van der Waals surface area contributed by atoms with Gasteiger partial charge in [0.2, 0.25) is 0 Å². The summed E-state index contributed by atoms with van der Waals surface area (Å²) in [6.45, 7) is 0.130. The molecule has 1 aliphatic rings. The van der Waals surface area contributed by atoms with Crippen LogP contribution in [0.3, 0.4) is 0 Å². The zero-order chi connectivity index (χ0) is 21.1. The number of amides is 1. The Morgan fingerprint density at radius 2 is 1.70 bits per heavy atom. The minimum Gasteiger partial charge on any atom is -0.480 e. The molecule has 7 heteroatoms. The summed E-state index contributed by atoms with van der Waals surface area (Å²) in [5.41, 5.74) is 5.15. The molecule has 1 heterocycles. The lowest BCUT2D eigenvalue weighted by Gasteiger charge is -2.17. The molecule has 0 fully saturated rings. The number of nitrogens with zero attached hydrogens (tertiary/aromatic N) is 1. The summed E-state index contributed by atoms with van der Waals surface area (Å²) in [6, 6.07) is 16.7. The first-order valence-corrected chi connectivity index (χ1v) is 10.3. The molecule has 30 heavy (non-hydrogen) atoms. The summed E-state index contributed by atoms with van der Waals surface area (Å²) < 4.78 is 6.18. The van der Waals surface area contributed by atoms with E-state index >= 15 is 0 Å². The predicted octanol–water partition coefficient (Wildman–Crippen LogP) is 4.38. The summed E-state index contributed by atoms with van der Waals surface area (Å²) in [5.74, 6) is -1.22. The van der Waals surface area contributed by atoms with Gasteiger partial charge < -0.3 is 15.2 Å². The number of rotatable bonds is 6. The van der Waals surface area contributed by atoms with Gasteiger partial charge in [-0.3, -0.25) is 4.98 Å². The van der Waals surface area contributed by atoms with Crippen LogP contribution in [0.5, 0.6) is 0 Å². The number of fused-ring (bicyclic) bond motifs is 3. The van der Waals surface area contributed by atoms with Gasteiger partial charge in [-0.25, -0.2) is 9.59 Å². The number of hydrogen-bond acceptors (Lipinski definition) is 4. The van der Waals surface area contributed by atoms with Gasteiger partial charge in [0.25, 0.3) is 0 Å². The third-order valence-corrected chi connectivity index (χ3v) is 5.57. The van der Waals surface area contributed by atoms with E-state index in [2.05, 4.69) is 38.4 Å². The second-order valence-electron chi connectivity index (χ2n) is 7.08. The van der Waals surface area contributed by atoms with Gasteiger partial charge in [-0.05, 0) is 49.8 Å². The van der Waals surface area contributed by atoms with Crippen LogP contribution in [0.15, 0.2) is 71.5 Å². The first-order valence-electron chi connectivity index (χ1n) is 9.46. The number of alkyl carbamates (subject to hydrolysis) is 1. The Hall–Kier alpha value is -3.19. The number of carboxylic acids is 1. The molecule has 1 atom stereocenters. The molecule has 0 saturated heterocycles. The van der Waals surface area contributed by atoms with Gasteiger partial charge in [-0.15, -0.1) is 0 Å². The maximum Gasteiger partial charge on any atom is 0.407 e. The second kappa shape index (κ2) is 8.67. The standard InChI is InChI=1S/C23H19BrN2O4/c24-15-9-14(11-25-12-15)10-21(22(27)28)26-23(29)30-13-20-18-7-3-1-5-16(18)17-6-2-4-8-19(17)20/h1-9,11-12,20-21H,10,13H2,(H,26,29)(H,27,28)/t21-/m0/s1. The molecule has 1 aromatic heterocycles. The van der Waals surface area contributed by atoms with Crippen molar-refractivity contribution in [1.82, 2.24) is 10.3 Å². The van der Waals surface area contributed by atoms with E-state index in [1.54, 1.807) is 18.5 Å². The lowest BCUT2D eigenvalue weighted by Crippen LogP contribution is -2.42. The van der Waals surface area contributed by atoms with E-state index in [9.17, 15) is 14.7 Å². The van der Waals surface area contributed by atoms with Crippen LogP contribution < -0.4 is 5.32 Å². The van der Waals surface area contributed by atoms with Crippen LogP contribution in [0, 0.1) is 0 Å². The number of carboxylic acid groups (broad SMARTS) is 1. The SMILES string of the molecule is O=C(N[C@@H](Cc1cncc(Br)c1)C(=O)O)OCC1c2ccccc2-c2ccccc21. The topological polar surface area (TPSA) is 88.5 Å². The minimum absolute atomic E-state index is 0.0827. The molecule has 3 aromatic rings. The van der Waals surface area contributed by atoms with Crippen molar-refractivity contribution in [3.8, 4) is 11.1 Å². The van der Waals surface area contributed by atoms with E-state index < -0.39 is 18.1 Å². The normalized spacial score (nSPS) is 13.2. The maximum absolute atomic E-state index is 12.4. The van der Waals surface area contributed by atoms with Crippen LogP contribution in [0.4, 0.5) is 4.79 Å². The lowest BCUT2D eigenvalue weighted by atomic mass is 9.98. The average Bonchev–Trinajstić information content (AvgIpc) is 3.06. The molecule has 0 saturated carbocycles. The van der Waals surface area contributed by atoms with E-state index in [0.717, 1.165) is 26.7 Å². The Labute approximate surface area is 182 Å². The fourth-order valence-electron chi connectivity index (χ4n) is 3.79. The summed E-state index contributed by atoms with van der Waals surface area (Å²) in [6.07, 6.45) is 2.52. The van der Waals surface area contributed by atoms with E-state index in [1.807, 2.05) is 36.4 Å². The van der Waals surface area contributed by atoms with Crippen molar-refractivity contribution in [2.75, 3.05) is 6.61 Å². The van der Waals surface area contributed by atoms with Crippen molar-refractivity contribution >= 4 is 28.0 Å². The molecule has 2 N–H and O–H groups in total. The van der Waals surface area contributed by atoms with Crippen molar-refractivity contribution in [2.24, 2.45) is 0 Å². The van der Waals surface area contributed by atoms with Crippen molar-refractivity contribution in [1.29, 1.82) is 0 Å². The molecule has 0 bridgehead atoms. The van der Waals surface area contributed by atoms with Crippen LogP contribution in [0.25, 0.3) is 11.1 Å². The van der Waals surface area contributed by atoms with Crippen LogP contribution in [0.1, 0.15) is 22.6 Å². The van der Waals surface area contributed by atoms with Gasteiger partial charge in [0.15, 0.2) is 0 Å². The fourth-order valence-corrected chi connectivity index (χ4v) is 4.20. The molecule has 0 radical (unpaired) electrons. The molecule has 1 aliphatic carbocycles. The molecule has 0 unspecified atom stereocenters. The average molecular weight is 467 g/mol. The highest BCUT2D eigenvalue weighted by Gasteiger charge is 2.29. The predicted molar refractivity (Wildman–Crippen MR) is 115 cm³/mol. The van der Waals surface area contributed by atoms with Crippen LogP contribution in [-0.2, 0) is 16.0 Å². The summed E-state index contributed by atoms with van der Waals surface area (Å²) in [5, 5.41) is 11.9. The van der Waals surface area contributed by atoms with Crippen LogP contribution >= 0.6 is 15.9 Å². The molecule has 6 nitrogen and oxygen atoms in total. The van der Waals surface area contributed by atoms with Gasteiger partial charge >= 0.3 is 12.1 Å². The number of aromatic nitrogens is 1. The largest absolute Gasteiger partial charge is 0.480 e. The quantitative estimate of drug-likeness (QED) is 0.562. The van der Waals surface area contributed by atoms with E-state index in [4.69, 9.17) is 4.74 Å². The number of carbonyl (C=O) groups is 2. The van der Waals surface area contributed by atoms with Gasteiger partial charge in [-0.1, -0.05) is 48.5 Å². The van der Waals surface area contributed by atoms with Gasteiger partial charge in [0.05, 0.1) is 0 Å². The second-order valence-corrected chi connectivity index (χ2v) is 7.99. The number of pyridine rings is 1. The van der Waals surface area contributed by atoms with Gasteiger partial charge in [0.1, 0.15) is 12.6 Å². The van der Waals surface area contributed by atoms with Gasteiger partial charge in [0, 0.05) is 29.2 Å². The Balaban J connectivity index is 1.43. The monoisotopic (exact) mass is 466 g/mol. The Kier molecular flexibility index (Phi) is 5.81. The van der Waals surface area contributed by atoms with E-state index in [-0.39, 0.29) is 18.9 Å². The number of nitrogens with one attached hydrogen (secondary N) is 1. The number of carbonyl (C=O) groups excluding carboxylic acids is 1. The van der Waals surface area contributed by atoms with Crippen molar-refractivity contribution in [3.63, 3.8) is 0 Å². The summed E-state index contributed by atoms with van der Waals surface area (Å²) in [7, 11) is 0. The smallest absolute Gasteiger partial charge is 0.407 e. The number of aliphatic carboxylic acids is 1. The molecule has 4 rings (SSSR count). The minimum atomic E-state index is -1.14. The molecule has 0 spiro atoms. The van der Waals surface area contributed by atoms with Crippen molar-refractivity contribution in [3.05, 3.63) is 88.2 Å². The third kappa shape index (κ3) is 4.21. The highest BCUT2D eigenvalue weighted by atomic mass is 79.9. The Morgan fingerprint density at radius 1 is 1.07 bits per heavy atom. The molecule has 152 valence electrons.